The first-order chi connectivity index (χ1) is 16.5. The lowest BCUT2D eigenvalue weighted by molar-refractivity contribution is -0.133. The number of furan rings is 1. The van der Waals surface area contributed by atoms with E-state index in [1.165, 1.54) is 4.90 Å². The number of ether oxygens (including phenoxy) is 1. The van der Waals surface area contributed by atoms with Gasteiger partial charge in [0, 0.05) is 18.8 Å². The van der Waals surface area contributed by atoms with E-state index in [0.717, 1.165) is 17.1 Å². The van der Waals surface area contributed by atoms with Crippen LogP contribution in [0.3, 0.4) is 0 Å². The van der Waals surface area contributed by atoms with E-state index < -0.39 is 0 Å². The normalized spacial score (nSPS) is 10.4. The van der Waals surface area contributed by atoms with Gasteiger partial charge in [-0.15, -0.1) is 6.58 Å². The zero-order valence-electron chi connectivity index (χ0n) is 19.7. The number of anilines is 1. The van der Waals surface area contributed by atoms with Gasteiger partial charge in [-0.3, -0.25) is 4.79 Å². The van der Waals surface area contributed by atoms with E-state index in [0.29, 0.717) is 31.1 Å². The van der Waals surface area contributed by atoms with Crippen molar-refractivity contribution in [1.29, 1.82) is 0 Å². The van der Waals surface area contributed by atoms with Crippen LogP contribution in [0.15, 0.2) is 83.8 Å². The Bertz CT molecular complexity index is 1080. The molecule has 1 N–H and O–H groups in total. The van der Waals surface area contributed by atoms with Crippen molar-refractivity contribution in [3.05, 3.63) is 96.5 Å². The first-order valence-electron chi connectivity index (χ1n) is 11.2. The molecule has 7 heteroatoms. The summed E-state index contributed by atoms with van der Waals surface area (Å²) < 4.78 is 11.1. The highest BCUT2D eigenvalue weighted by Gasteiger charge is 2.22. The Morgan fingerprint density at radius 1 is 1.00 bits per heavy atom. The van der Waals surface area contributed by atoms with E-state index in [4.69, 9.17) is 9.15 Å². The monoisotopic (exact) mass is 461 g/mol. The maximum Gasteiger partial charge on any atom is 0.322 e. The van der Waals surface area contributed by atoms with Gasteiger partial charge in [-0.2, -0.15) is 0 Å². The molecule has 0 aliphatic carbocycles. The van der Waals surface area contributed by atoms with Crippen LogP contribution < -0.4 is 10.1 Å². The second-order valence-corrected chi connectivity index (χ2v) is 7.80. The van der Waals surface area contributed by atoms with Crippen LogP contribution in [-0.2, 0) is 17.9 Å². The summed E-state index contributed by atoms with van der Waals surface area (Å²) in [6.45, 7) is 8.93. The summed E-state index contributed by atoms with van der Waals surface area (Å²) in [4.78, 5) is 29.4. The molecule has 1 heterocycles. The average molecular weight is 462 g/mol. The van der Waals surface area contributed by atoms with Crippen LogP contribution in [0.25, 0.3) is 0 Å². The minimum Gasteiger partial charge on any atom is -0.494 e. The van der Waals surface area contributed by atoms with Crippen LogP contribution in [0.1, 0.15) is 24.0 Å². The molecule has 0 atom stereocenters. The van der Waals surface area contributed by atoms with Gasteiger partial charge in [-0.05, 0) is 55.8 Å². The fraction of sp³-hybridized carbons (Fsp3) is 0.259. The molecule has 0 saturated carbocycles. The molecule has 7 nitrogen and oxygen atoms in total. The molecular formula is C27H31N3O4. The van der Waals surface area contributed by atoms with Gasteiger partial charge in [0.25, 0.3) is 0 Å². The molecule has 178 valence electrons. The Hall–Kier alpha value is -4.00. The largest absolute Gasteiger partial charge is 0.494 e. The van der Waals surface area contributed by atoms with Crippen molar-refractivity contribution in [3.63, 3.8) is 0 Å². The standard InChI is InChI=1S/C27H31N3O4/c1-4-17-29(27(32)28-23-12-15-24(16-13-23)33-5-2)20-26(31)30(18-22-9-7-6-8-10-22)19-25-14-11-21(3)34-25/h4,6-16H,1,5,17-20H2,2-3H3,(H,28,32). The lowest BCUT2D eigenvalue weighted by atomic mass is 10.2. The molecule has 0 saturated heterocycles. The number of nitrogens with one attached hydrogen (secondary N) is 1. The summed E-state index contributed by atoms with van der Waals surface area (Å²) in [5.74, 6) is 2.01. The van der Waals surface area contributed by atoms with E-state index >= 15 is 0 Å². The van der Waals surface area contributed by atoms with E-state index in [9.17, 15) is 9.59 Å². The first-order valence-corrected chi connectivity index (χ1v) is 11.2. The SMILES string of the molecule is C=CCN(CC(=O)N(Cc1ccccc1)Cc1ccc(C)o1)C(=O)Nc1ccc(OCC)cc1. The second kappa shape index (κ2) is 12.3. The van der Waals surface area contributed by atoms with Crippen molar-refractivity contribution >= 4 is 17.6 Å². The number of hydrogen-bond donors (Lipinski definition) is 1. The average Bonchev–Trinajstić information content (AvgIpc) is 3.25. The number of carbonyl (C=O) groups excluding carboxylic acids is 2. The van der Waals surface area contributed by atoms with Crippen LogP contribution in [-0.4, -0.2) is 41.4 Å². The smallest absolute Gasteiger partial charge is 0.322 e. The summed E-state index contributed by atoms with van der Waals surface area (Å²) in [5, 5.41) is 2.84. The molecule has 0 unspecified atom stereocenters. The molecule has 0 aliphatic heterocycles. The van der Waals surface area contributed by atoms with Crippen LogP contribution in [0, 0.1) is 6.92 Å². The van der Waals surface area contributed by atoms with Crippen molar-refractivity contribution in [2.24, 2.45) is 0 Å². The van der Waals surface area contributed by atoms with Crippen LogP contribution in [0.4, 0.5) is 10.5 Å². The van der Waals surface area contributed by atoms with Crippen molar-refractivity contribution in [3.8, 4) is 5.75 Å². The van der Waals surface area contributed by atoms with E-state index in [1.807, 2.05) is 56.3 Å². The highest BCUT2D eigenvalue weighted by atomic mass is 16.5. The van der Waals surface area contributed by atoms with Gasteiger partial charge in [-0.25, -0.2) is 4.79 Å². The molecule has 0 bridgehead atoms. The van der Waals surface area contributed by atoms with Gasteiger partial charge in [-0.1, -0.05) is 36.4 Å². The van der Waals surface area contributed by atoms with Crippen molar-refractivity contribution in [2.45, 2.75) is 26.9 Å². The summed E-state index contributed by atoms with van der Waals surface area (Å²) in [5.41, 5.74) is 1.61. The van der Waals surface area contributed by atoms with Crippen molar-refractivity contribution in [1.82, 2.24) is 9.80 Å². The third kappa shape index (κ3) is 7.27. The fourth-order valence-electron chi connectivity index (χ4n) is 3.44. The Balaban J connectivity index is 1.71. The number of urea groups is 1. The lowest BCUT2D eigenvalue weighted by Gasteiger charge is -2.27. The van der Waals surface area contributed by atoms with Crippen molar-refractivity contribution in [2.75, 3.05) is 25.0 Å². The van der Waals surface area contributed by atoms with E-state index in [1.54, 1.807) is 35.2 Å². The molecule has 1 aromatic heterocycles. The molecule has 3 amide bonds. The van der Waals surface area contributed by atoms with Gasteiger partial charge < -0.3 is 24.3 Å². The molecule has 34 heavy (non-hydrogen) atoms. The fourth-order valence-corrected chi connectivity index (χ4v) is 3.44. The van der Waals surface area contributed by atoms with E-state index in [-0.39, 0.29) is 25.0 Å². The van der Waals surface area contributed by atoms with Crippen LogP contribution in [0.5, 0.6) is 5.75 Å². The molecule has 0 spiro atoms. The van der Waals surface area contributed by atoms with Gasteiger partial charge >= 0.3 is 6.03 Å². The predicted molar refractivity (Wildman–Crippen MR) is 133 cm³/mol. The highest BCUT2D eigenvalue weighted by Crippen LogP contribution is 2.17. The molecule has 3 rings (SSSR count). The summed E-state index contributed by atoms with van der Waals surface area (Å²) >= 11 is 0. The first kappa shape index (κ1) is 24.6. The number of benzene rings is 2. The van der Waals surface area contributed by atoms with Gasteiger partial charge in [0.05, 0.1) is 13.2 Å². The van der Waals surface area contributed by atoms with Gasteiger partial charge in [0.2, 0.25) is 5.91 Å². The van der Waals surface area contributed by atoms with Crippen LogP contribution in [0.2, 0.25) is 0 Å². The highest BCUT2D eigenvalue weighted by molar-refractivity contribution is 5.92. The number of aryl methyl sites for hydroxylation is 1. The van der Waals surface area contributed by atoms with Gasteiger partial charge in [0.1, 0.15) is 23.8 Å². The quantitative estimate of drug-likeness (QED) is 0.397. The molecule has 2 aromatic carbocycles. The number of nitrogens with zero attached hydrogens (tertiary/aromatic N) is 2. The number of hydrogen-bond acceptors (Lipinski definition) is 4. The number of carbonyl (C=O) groups is 2. The van der Waals surface area contributed by atoms with E-state index in [2.05, 4.69) is 11.9 Å². The predicted octanol–water partition coefficient (Wildman–Crippen LogP) is 5.24. The molecule has 0 radical (unpaired) electrons. The maximum absolute atomic E-state index is 13.3. The second-order valence-electron chi connectivity index (χ2n) is 7.80. The Morgan fingerprint density at radius 3 is 2.35 bits per heavy atom. The topological polar surface area (TPSA) is 75.0 Å². The molecular weight excluding hydrogens is 430 g/mol. The Kier molecular flexibility index (Phi) is 8.91. The lowest BCUT2D eigenvalue weighted by Crippen LogP contribution is -2.44. The molecule has 0 fully saturated rings. The molecule has 0 aliphatic rings. The van der Waals surface area contributed by atoms with Gasteiger partial charge in [0.15, 0.2) is 0 Å². The minimum absolute atomic E-state index is 0.0958. The summed E-state index contributed by atoms with van der Waals surface area (Å²) in [6, 6.07) is 20.2. The number of amides is 3. The minimum atomic E-state index is -0.383. The zero-order chi connectivity index (χ0) is 24.3. The zero-order valence-corrected chi connectivity index (χ0v) is 19.7. The number of rotatable bonds is 11. The van der Waals surface area contributed by atoms with Crippen molar-refractivity contribution < 1.29 is 18.7 Å². The third-order valence-electron chi connectivity index (χ3n) is 5.09. The Labute approximate surface area is 200 Å². The molecule has 3 aromatic rings. The summed E-state index contributed by atoms with van der Waals surface area (Å²) in [7, 11) is 0. The third-order valence-corrected chi connectivity index (χ3v) is 5.09. The summed E-state index contributed by atoms with van der Waals surface area (Å²) in [6.07, 6.45) is 1.60. The Morgan fingerprint density at radius 2 is 1.74 bits per heavy atom. The van der Waals surface area contributed by atoms with Crippen LogP contribution >= 0.6 is 0 Å². The maximum atomic E-state index is 13.3.